The minimum atomic E-state index is -4.77. The van der Waals surface area contributed by atoms with Gasteiger partial charge in [0, 0.05) is 16.5 Å². The molecule has 37 heavy (non-hydrogen) atoms. The number of ether oxygens (including phenoxy) is 1. The quantitative estimate of drug-likeness (QED) is 0.360. The van der Waals surface area contributed by atoms with E-state index in [0.29, 0.717) is 23.3 Å². The number of aliphatic hydroxyl groups is 1. The SMILES string of the molecule is OC1=C(c2cc(C(F)(F)F)[nH]n2)C=CC(COC2=CCC=C(Cl)C=C2)C1c1ccc(Cl)c(C(F)(F)F)c1. The Morgan fingerprint density at radius 1 is 1.00 bits per heavy atom. The number of nitrogens with zero attached hydrogens (tertiary/aromatic N) is 1. The minimum absolute atomic E-state index is 0.0476. The molecule has 1 aromatic heterocycles. The van der Waals surface area contributed by atoms with Crippen LogP contribution < -0.4 is 0 Å². The molecule has 0 saturated heterocycles. The van der Waals surface area contributed by atoms with E-state index in [0.717, 1.165) is 12.1 Å². The molecule has 0 aliphatic heterocycles. The largest absolute Gasteiger partial charge is 0.511 e. The maximum absolute atomic E-state index is 13.6. The van der Waals surface area contributed by atoms with Gasteiger partial charge in [-0.3, -0.25) is 5.10 Å². The first-order valence-corrected chi connectivity index (χ1v) is 11.6. The zero-order chi connectivity index (χ0) is 27.0. The maximum Gasteiger partial charge on any atom is 0.432 e. The second-order valence-corrected chi connectivity index (χ2v) is 9.12. The van der Waals surface area contributed by atoms with Crippen molar-refractivity contribution in [1.82, 2.24) is 10.2 Å². The molecule has 1 heterocycles. The monoisotopic (exact) mass is 562 g/mol. The Balaban J connectivity index is 1.72. The number of nitrogens with one attached hydrogen (secondary N) is 1. The Kier molecular flexibility index (Phi) is 7.52. The summed E-state index contributed by atoms with van der Waals surface area (Å²) in [5, 5.41) is 16.6. The van der Waals surface area contributed by atoms with Crippen LogP contribution in [0.5, 0.6) is 0 Å². The van der Waals surface area contributed by atoms with Crippen molar-refractivity contribution < 1.29 is 36.2 Å². The summed E-state index contributed by atoms with van der Waals surface area (Å²) in [7, 11) is 0. The van der Waals surface area contributed by atoms with Crippen LogP contribution in [-0.2, 0) is 17.1 Å². The maximum atomic E-state index is 13.6. The molecule has 0 amide bonds. The molecule has 0 saturated carbocycles. The van der Waals surface area contributed by atoms with Crippen LogP contribution in [0.4, 0.5) is 26.3 Å². The van der Waals surface area contributed by atoms with E-state index in [1.54, 1.807) is 30.4 Å². The van der Waals surface area contributed by atoms with Crippen LogP contribution in [0.1, 0.15) is 34.9 Å². The van der Waals surface area contributed by atoms with E-state index in [1.165, 1.54) is 12.1 Å². The Morgan fingerprint density at radius 2 is 1.76 bits per heavy atom. The fourth-order valence-corrected chi connectivity index (χ4v) is 4.38. The Labute approximate surface area is 217 Å². The summed E-state index contributed by atoms with van der Waals surface area (Å²) in [6, 6.07) is 3.91. The van der Waals surface area contributed by atoms with Gasteiger partial charge in [-0.15, -0.1) is 0 Å². The van der Waals surface area contributed by atoms with E-state index in [4.69, 9.17) is 27.9 Å². The molecule has 2 aromatic rings. The Morgan fingerprint density at radius 3 is 2.43 bits per heavy atom. The molecule has 2 N–H and O–H groups in total. The number of rotatable bonds is 5. The third-order valence-corrected chi connectivity index (χ3v) is 6.41. The van der Waals surface area contributed by atoms with Crippen LogP contribution in [0, 0.1) is 5.92 Å². The lowest BCUT2D eigenvalue weighted by Crippen LogP contribution is -2.23. The average Bonchev–Trinajstić information content (AvgIpc) is 3.22. The Bertz CT molecular complexity index is 1340. The summed E-state index contributed by atoms with van der Waals surface area (Å²) in [5.74, 6) is -1.78. The molecule has 4 nitrogen and oxygen atoms in total. The fourth-order valence-electron chi connectivity index (χ4n) is 4.00. The highest BCUT2D eigenvalue weighted by atomic mass is 35.5. The molecule has 2 aliphatic carbocycles. The number of halogens is 8. The smallest absolute Gasteiger partial charge is 0.432 e. The second kappa shape index (κ2) is 10.3. The van der Waals surface area contributed by atoms with Gasteiger partial charge in [-0.2, -0.15) is 31.4 Å². The molecule has 1 aromatic carbocycles. The average molecular weight is 563 g/mol. The summed E-state index contributed by atoms with van der Waals surface area (Å²) >= 11 is 11.7. The first-order chi connectivity index (χ1) is 17.3. The normalized spacial score (nSPS) is 20.5. The summed E-state index contributed by atoms with van der Waals surface area (Å²) in [5.41, 5.74) is -2.48. The Hall–Kier alpha value is -3.11. The molecule has 196 valence electrons. The molecule has 0 fully saturated rings. The van der Waals surface area contributed by atoms with Gasteiger partial charge in [-0.05, 0) is 48.4 Å². The van der Waals surface area contributed by atoms with Gasteiger partial charge in [0.1, 0.15) is 17.2 Å². The van der Waals surface area contributed by atoms with Crippen molar-refractivity contribution in [2.24, 2.45) is 5.92 Å². The van der Waals surface area contributed by atoms with Crippen molar-refractivity contribution in [3.05, 3.63) is 105 Å². The minimum Gasteiger partial charge on any atom is -0.511 e. The summed E-state index contributed by atoms with van der Waals surface area (Å²) in [4.78, 5) is 0. The second-order valence-electron chi connectivity index (χ2n) is 8.28. The molecular weight excluding hydrogens is 545 g/mol. The van der Waals surface area contributed by atoms with Gasteiger partial charge in [0.25, 0.3) is 0 Å². The van der Waals surface area contributed by atoms with E-state index >= 15 is 0 Å². The molecule has 0 bridgehead atoms. The number of H-pyrrole nitrogens is 1. The standard InChI is InChI=1S/C25H18Cl2F6N2O2/c26-15-2-1-3-16(7-6-15)37-12-14-4-8-17(20-11-21(35-34-20)25(31,32)33)23(36)22(14)13-5-9-19(27)18(10-13)24(28,29)30/h2-11,14,22,36H,1,12H2,(H,34,35). The van der Waals surface area contributed by atoms with Crippen LogP contribution in [-0.4, -0.2) is 21.9 Å². The molecule has 2 unspecified atom stereocenters. The number of aliphatic hydroxyl groups excluding tert-OH is 1. The third kappa shape index (κ3) is 6.07. The predicted octanol–water partition coefficient (Wildman–Crippen LogP) is 8.32. The predicted molar refractivity (Wildman–Crippen MR) is 127 cm³/mol. The van der Waals surface area contributed by atoms with E-state index in [2.05, 4.69) is 5.10 Å². The van der Waals surface area contributed by atoms with Crippen molar-refractivity contribution in [2.45, 2.75) is 24.7 Å². The highest BCUT2D eigenvalue weighted by Crippen LogP contribution is 2.44. The summed E-state index contributed by atoms with van der Waals surface area (Å²) in [6.45, 7) is -0.0648. The lowest BCUT2D eigenvalue weighted by Gasteiger charge is -2.30. The molecule has 0 radical (unpaired) electrons. The number of aromatic nitrogens is 2. The number of aromatic amines is 1. The van der Waals surface area contributed by atoms with Gasteiger partial charge < -0.3 is 9.84 Å². The molecular formula is C25H18Cl2F6N2O2. The number of alkyl halides is 6. The number of benzene rings is 1. The summed E-state index contributed by atoms with van der Waals surface area (Å²) in [6.07, 6.45) is 0.693. The lowest BCUT2D eigenvalue weighted by molar-refractivity contribution is -0.141. The van der Waals surface area contributed by atoms with Gasteiger partial charge >= 0.3 is 12.4 Å². The van der Waals surface area contributed by atoms with Crippen molar-refractivity contribution >= 4 is 28.8 Å². The third-order valence-electron chi connectivity index (χ3n) is 5.80. The van der Waals surface area contributed by atoms with E-state index in [-0.39, 0.29) is 23.4 Å². The molecule has 12 heteroatoms. The van der Waals surface area contributed by atoms with Crippen LogP contribution >= 0.6 is 23.2 Å². The summed E-state index contributed by atoms with van der Waals surface area (Å²) < 4.78 is 85.7. The van der Waals surface area contributed by atoms with Crippen LogP contribution in [0.15, 0.2) is 77.3 Å². The number of hydrogen-bond donors (Lipinski definition) is 2. The van der Waals surface area contributed by atoms with Gasteiger partial charge in [-0.25, -0.2) is 0 Å². The molecule has 2 atom stereocenters. The van der Waals surface area contributed by atoms with Gasteiger partial charge in [-0.1, -0.05) is 47.5 Å². The first kappa shape index (κ1) is 26.9. The number of hydrogen-bond acceptors (Lipinski definition) is 3. The van der Waals surface area contributed by atoms with E-state index < -0.39 is 46.2 Å². The molecule has 4 rings (SSSR count). The zero-order valence-electron chi connectivity index (χ0n) is 18.7. The zero-order valence-corrected chi connectivity index (χ0v) is 20.2. The van der Waals surface area contributed by atoms with Crippen LogP contribution in [0.2, 0.25) is 5.02 Å². The molecule has 0 spiro atoms. The fraction of sp³-hybridized carbons (Fsp3) is 0.240. The van der Waals surface area contributed by atoms with Crippen LogP contribution in [0.3, 0.4) is 0 Å². The van der Waals surface area contributed by atoms with Crippen LogP contribution in [0.25, 0.3) is 5.57 Å². The highest BCUT2D eigenvalue weighted by molar-refractivity contribution is 6.31. The van der Waals surface area contributed by atoms with Gasteiger partial charge in [0.05, 0.1) is 28.8 Å². The van der Waals surface area contributed by atoms with Gasteiger partial charge in [0.2, 0.25) is 0 Å². The molecule has 2 aliphatic rings. The van der Waals surface area contributed by atoms with E-state index in [1.807, 2.05) is 5.10 Å². The first-order valence-electron chi connectivity index (χ1n) is 10.8. The number of allylic oxidation sites excluding steroid dienone is 8. The van der Waals surface area contributed by atoms with Crippen molar-refractivity contribution in [1.29, 1.82) is 0 Å². The van der Waals surface area contributed by atoms with E-state index in [9.17, 15) is 31.4 Å². The highest BCUT2D eigenvalue weighted by Gasteiger charge is 2.38. The topological polar surface area (TPSA) is 58.1 Å². The van der Waals surface area contributed by atoms with Crippen molar-refractivity contribution in [3.63, 3.8) is 0 Å². The lowest BCUT2D eigenvalue weighted by atomic mass is 9.78. The van der Waals surface area contributed by atoms with Crippen molar-refractivity contribution in [2.75, 3.05) is 6.61 Å². The van der Waals surface area contributed by atoms with Gasteiger partial charge in [0.15, 0.2) is 0 Å². The van der Waals surface area contributed by atoms with Crippen molar-refractivity contribution in [3.8, 4) is 0 Å².